The summed E-state index contributed by atoms with van der Waals surface area (Å²) < 4.78 is 10.8. The Labute approximate surface area is 102 Å². The normalized spacial score (nSPS) is 29.8. The first-order valence-corrected chi connectivity index (χ1v) is 5.75. The van der Waals surface area contributed by atoms with Crippen molar-refractivity contribution in [2.24, 2.45) is 5.92 Å². The molecule has 1 rings (SSSR count). The Morgan fingerprint density at radius 1 is 1.71 bits per heavy atom. The molecule has 0 aliphatic carbocycles. The van der Waals surface area contributed by atoms with Crippen LogP contribution >= 0.6 is 0 Å². The SMILES string of the molecule is C=CC1OCC(OC(=O)N(C)C)C1CC(C)O. The average molecular weight is 243 g/mol. The van der Waals surface area contributed by atoms with Gasteiger partial charge in [0.2, 0.25) is 0 Å². The molecule has 1 amide bonds. The van der Waals surface area contributed by atoms with E-state index in [2.05, 4.69) is 6.58 Å². The highest BCUT2D eigenvalue weighted by atomic mass is 16.6. The van der Waals surface area contributed by atoms with Gasteiger partial charge < -0.3 is 19.5 Å². The van der Waals surface area contributed by atoms with Crippen molar-refractivity contribution in [3.05, 3.63) is 12.7 Å². The molecule has 0 bridgehead atoms. The predicted molar refractivity (Wildman–Crippen MR) is 63.7 cm³/mol. The number of nitrogens with zero attached hydrogens (tertiary/aromatic N) is 1. The van der Waals surface area contributed by atoms with E-state index in [4.69, 9.17) is 9.47 Å². The summed E-state index contributed by atoms with van der Waals surface area (Å²) in [4.78, 5) is 12.9. The first kappa shape index (κ1) is 14.0. The first-order chi connectivity index (χ1) is 7.95. The van der Waals surface area contributed by atoms with Gasteiger partial charge in [-0.15, -0.1) is 6.58 Å². The van der Waals surface area contributed by atoms with Gasteiger partial charge in [0.15, 0.2) is 0 Å². The molecule has 1 aliphatic heterocycles. The lowest BCUT2D eigenvalue weighted by Crippen LogP contribution is -2.34. The predicted octanol–water partition coefficient (Wildman–Crippen LogP) is 1.03. The molecule has 0 spiro atoms. The van der Waals surface area contributed by atoms with Crippen LogP contribution in [0.3, 0.4) is 0 Å². The van der Waals surface area contributed by atoms with Crippen LogP contribution in [0.2, 0.25) is 0 Å². The van der Waals surface area contributed by atoms with Crippen LogP contribution in [0.15, 0.2) is 12.7 Å². The average Bonchev–Trinajstić information content (AvgIpc) is 2.60. The van der Waals surface area contributed by atoms with Crippen LogP contribution in [0.1, 0.15) is 13.3 Å². The van der Waals surface area contributed by atoms with E-state index in [9.17, 15) is 9.90 Å². The van der Waals surface area contributed by atoms with Crippen LogP contribution in [0.25, 0.3) is 0 Å². The Morgan fingerprint density at radius 3 is 2.82 bits per heavy atom. The molecule has 0 aromatic heterocycles. The monoisotopic (exact) mass is 243 g/mol. The number of carbonyl (C=O) groups excluding carboxylic acids is 1. The molecule has 5 nitrogen and oxygen atoms in total. The summed E-state index contributed by atoms with van der Waals surface area (Å²) in [6.45, 7) is 5.76. The number of hydrogen-bond donors (Lipinski definition) is 1. The van der Waals surface area contributed by atoms with Crippen molar-refractivity contribution in [2.45, 2.75) is 31.7 Å². The lowest BCUT2D eigenvalue weighted by atomic mass is 9.93. The van der Waals surface area contributed by atoms with Crippen molar-refractivity contribution in [3.63, 3.8) is 0 Å². The van der Waals surface area contributed by atoms with Gasteiger partial charge in [0.1, 0.15) is 6.10 Å². The molecule has 5 heteroatoms. The van der Waals surface area contributed by atoms with E-state index in [0.29, 0.717) is 13.0 Å². The smallest absolute Gasteiger partial charge is 0.409 e. The van der Waals surface area contributed by atoms with Gasteiger partial charge in [0.25, 0.3) is 0 Å². The fraction of sp³-hybridized carbons (Fsp3) is 0.750. The zero-order chi connectivity index (χ0) is 13.0. The number of aliphatic hydroxyl groups is 1. The number of rotatable bonds is 4. The minimum Gasteiger partial charge on any atom is -0.443 e. The first-order valence-electron chi connectivity index (χ1n) is 5.75. The molecule has 17 heavy (non-hydrogen) atoms. The van der Waals surface area contributed by atoms with Crippen molar-refractivity contribution < 1.29 is 19.4 Å². The third-order valence-electron chi connectivity index (χ3n) is 2.82. The van der Waals surface area contributed by atoms with Crippen LogP contribution in [-0.4, -0.2) is 55.1 Å². The van der Waals surface area contributed by atoms with Gasteiger partial charge in [-0.1, -0.05) is 6.08 Å². The van der Waals surface area contributed by atoms with E-state index in [1.54, 1.807) is 27.1 Å². The summed E-state index contributed by atoms with van der Waals surface area (Å²) >= 11 is 0. The van der Waals surface area contributed by atoms with Gasteiger partial charge in [0, 0.05) is 20.0 Å². The molecule has 1 aliphatic rings. The van der Waals surface area contributed by atoms with Crippen molar-refractivity contribution in [3.8, 4) is 0 Å². The van der Waals surface area contributed by atoms with Crippen LogP contribution in [-0.2, 0) is 9.47 Å². The van der Waals surface area contributed by atoms with Gasteiger partial charge >= 0.3 is 6.09 Å². The molecule has 98 valence electrons. The summed E-state index contributed by atoms with van der Waals surface area (Å²) in [6.07, 6.45) is 0.897. The molecule has 1 saturated heterocycles. The van der Waals surface area contributed by atoms with E-state index >= 15 is 0 Å². The van der Waals surface area contributed by atoms with Gasteiger partial charge in [-0.2, -0.15) is 0 Å². The Morgan fingerprint density at radius 2 is 2.35 bits per heavy atom. The zero-order valence-electron chi connectivity index (χ0n) is 10.6. The Kier molecular flexibility index (Phi) is 4.96. The third-order valence-corrected chi connectivity index (χ3v) is 2.82. The third kappa shape index (κ3) is 3.71. The Hall–Kier alpha value is -1.07. The molecule has 4 atom stereocenters. The standard InChI is InChI=1S/C12H21NO4/c1-5-10-9(6-8(2)14)11(7-16-10)17-12(15)13(3)4/h5,8-11,14H,1,6-7H2,2-4H3. The second-order valence-electron chi connectivity index (χ2n) is 4.60. The van der Waals surface area contributed by atoms with E-state index < -0.39 is 6.10 Å². The minimum atomic E-state index is -0.454. The molecule has 0 aromatic carbocycles. The molecular formula is C12H21NO4. The summed E-state index contributed by atoms with van der Waals surface area (Å²) in [7, 11) is 3.26. The molecule has 0 aromatic rings. The fourth-order valence-corrected chi connectivity index (χ4v) is 1.94. The minimum absolute atomic E-state index is 0.0311. The second-order valence-corrected chi connectivity index (χ2v) is 4.60. The van der Waals surface area contributed by atoms with Crippen LogP contribution in [0.4, 0.5) is 4.79 Å². The van der Waals surface area contributed by atoms with Crippen LogP contribution in [0, 0.1) is 5.92 Å². The van der Waals surface area contributed by atoms with Gasteiger partial charge in [-0.3, -0.25) is 0 Å². The Bertz CT molecular complexity index is 278. The van der Waals surface area contributed by atoms with Gasteiger partial charge in [-0.25, -0.2) is 4.79 Å². The zero-order valence-corrected chi connectivity index (χ0v) is 10.6. The number of hydrogen-bond acceptors (Lipinski definition) is 4. The van der Waals surface area contributed by atoms with Crippen molar-refractivity contribution >= 4 is 6.09 Å². The van der Waals surface area contributed by atoms with E-state index in [1.807, 2.05) is 0 Å². The summed E-state index contributed by atoms with van der Waals surface area (Å²) in [6, 6.07) is 0. The number of ether oxygens (including phenoxy) is 2. The number of carbonyl (C=O) groups is 1. The van der Waals surface area contributed by atoms with Crippen molar-refractivity contribution in [2.75, 3.05) is 20.7 Å². The maximum atomic E-state index is 11.5. The van der Waals surface area contributed by atoms with Crippen LogP contribution < -0.4 is 0 Å². The molecule has 0 saturated carbocycles. The van der Waals surface area contributed by atoms with Crippen molar-refractivity contribution in [1.82, 2.24) is 4.90 Å². The van der Waals surface area contributed by atoms with E-state index in [1.165, 1.54) is 4.90 Å². The van der Waals surface area contributed by atoms with Crippen LogP contribution in [0.5, 0.6) is 0 Å². The largest absolute Gasteiger partial charge is 0.443 e. The molecular weight excluding hydrogens is 222 g/mol. The topological polar surface area (TPSA) is 59.0 Å². The highest BCUT2D eigenvalue weighted by Gasteiger charge is 2.38. The number of amides is 1. The fourth-order valence-electron chi connectivity index (χ4n) is 1.94. The molecule has 1 heterocycles. The Balaban J connectivity index is 2.63. The highest BCUT2D eigenvalue weighted by Crippen LogP contribution is 2.29. The molecule has 1 fully saturated rings. The van der Waals surface area contributed by atoms with Crippen molar-refractivity contribution in [1.29, 1.82) is 0 Å². The lowest BCUT2D eigenvalue weighted by Gasteiger charge is -2.23. The summed E-state index contributed by atoms with van der Waals surface area (Å²) in [5.74, 6) is -0.0311. The lowest BCUT2D eigenvalue weighted by molar-refractivity contribution is 0.0432. The molecule has 4 unspecified atom stereocenters. The van der Waals surface area contributed by atoms with Gasteiger partial charge in [-0.05, 0) is 13.3 Å². The summed E-state index contributed by atoms with van der Waals surface area (Å²) in [5.41, 5.74) is 0. The number of aliphatic hydroxyl groups excluding tert-OH is 1. The van der Waals surface area contributed by atoms with E-state index in [0.717, 1.165) is 0 Å². The highest BCUT2D eigenvalue weighted by molar-refractivity contribution is 5.67. The maximum Gasteiger partial charge on any atom is 0.409 e. The van der Waals surface area contributed by atoms with Gasteiger partial charge in [0.05, 0.1) is 18.8 Å². The second kappa shape index (κ2) is 6.02. The molecule has 0 radical (unpaired) electrons. The molecule has 1 N–H and O–H groups in total. The van der Waals surface area contributed by atoms with E-state index in [-0.39, 0.29) is 24.2 Å². The maximum absolute atomic E-state index is 11.5. The summed E-state index contributed by atoms with van der Waals surface area (Å²) in [5, 5.41) is 9.45. The quantitative estimate of drug-likeness (QED) is 0.749.